The van der Waals surface area contributed by atoms with Gasteiger partial charge in [0.2, 0.25) is 0 Å². The van der Waals surface area contributed by atoms with Crippen LogP contribution in [-0.2, 0) is 21.1 Å². The Balaban J connectivity index is 1.53. The lowest BCUT2D eigenvalue weighted by atomic mass is 10.1. The van der Waals surface area contributed by atoms with Crippen LogP contribution in [0, 0.1) is 6.92 Å². The Morgan fingerprint density at radius 1 is 1.11 bits per heavy atom. The number of carbonyl (C=O) groups is 1. The van der Waals surface area contributed by atoms with E-state index in [1.807, 2.05) is 12.1 Å². The van der Waals surface area contributed by atoms with Crippen molar-refractivity contribution in [3.05, 3.63) is 80.7 Å². The number of nitrogens with zero attached hydrogens (tertiary/aromatic N) is 2. The lowest BCUT2D eigenvalue weighted by Gasteiger charge is -2.12. The molecule has 1 N–H and O–H groups in total. The SMILES string of the molecule is CCCNc1ccc2c(=O)n(-c3ccc(CC(=O)CS(=O)(=O)c4ccc(Cl)s4)cc3)c(C)nc2c1. The van der Waals surface area contributed by atoms with E-state index in [2.05, 4.69) is 17.2 Å². The lowest BCUT2D eigenvalue weighted by molar-refractivity contribution is -0.116. The summed E-state index contributed by atoms with van der Waals surface area (Å²) in [7, 11) is -3.72. The number of hydrogen-bond acceptors (Lipinski definition) is 7. The molecule has 10 heteroatoms. The standard InChI is InChI=1S/C25H24ClN3O4S2/c1-3-12-27-18-6-9-21-22(14-18)28-16(2)29(25(21)31)19-7-4-17(5-8-19)13-20(30)15-35(32,33)24-11-10-23(26)34-24/h4-11,14,27H,3,12-13,15H2,1-2H3. The first-order valence-corrected chi connectivity index (χ1v) is 13.9. The zero-order valence-corrected chi connectivity index (χ0v) is 21.6. The fourth-order valence-corrected chi connectivity index (χ4v) is 6.58. The van der Waals surface area contributed by atoms with Crippen LogP contribution in [0.4, 0.5) is 5.69 Å². The summed E-state index contributed by atoms with van der Waals surface area (Å²) in [5.74, 6) is -0.469. The van der Waals surface area contributed by atoms with E-state index in [1.165, 1.54) is 16.7 Å². The van der Waals surface area contributed by atoms with Crippen LogP contribution in [0.5, 0.6) is 0 Å². The number of carbonyl (C=O) groups excluding carboxylic acids is 1. The van der Waals surface area contributed by atoms with E-state index in [-0.39, 0.29) is 16.2 Å². The number of anilines is 1. The fourth-order valence-electron chi connectivity index (χ4n) is 3.77. The highest BCUT2D eigenvalue weighted by atomic mass is 35.5. The summed E-state index contributed by atoms with van der Waals surface area (Å²) in [5, 5.41) is 3.81. The van der Waals surface area contributed by atoms with Gasteiger partial charge in [0.25, 0.3) is 5.56 Å². The Morgan fingerprint density at radius 3 is 2.51 bits per heavy atom. The maximum Gasteiger partial charge on any atom is 0.265 e. The third-order valence-electron chi connectivity index (χ3n) is 5.42. The molecule has 2 aromatic carbocycles. The normalized spacial score (nSPS) is 11.6. The minimum atomic E-state index is -3.72. The summed E-state index contributed by atoms with van der Waals surface area (Å²) in [6.45, 7) is 4.69. The molecule has 2 aromatic heterocycles. The monoisotopic (exact) mass is 529 g/mol. The Kier molecular flexibility index (Phi) is 7.39. The number of Topliss-reactive ketones (excluding diaryl/α,β-unsaturated/α-hetero) is 1. The van der Waals surface area contributed by atoms with E-state index >= 15 is 0 Å². The van der Waals surface area contributed by atoms with Gasteiger partial charge in [0, 0.05) is 18.7 Å². The highest BCUT2D eigenvalue weighted by molar-refractivity contribution is 7.94. The van der Waals surface area contributed by atoms with Crippen LogP contribution in [0.3, 0.4) is 0 Å². The highest BCUT2D eigenvalue weighted by Gasteiger charge is 2.21. The van der Waals surface area contributed by atoms with E-state index in [4.69, 9.17) is 11.6 Å². The zero-order chi connectivity index (χ0) is 25.2. The number of fused-ring (bicyclic) bond motifs is 1. The van der Waals surface area contributed by atoms with E-state index in [9.17, 15) is 18.0 Å². The highest BCUT2D eigenvalue weighted by Crippen LogP contribution is 2.26. The summed E-state index contributed by atoms with van der Waals surface area (Å²) in [4.78, 5) is 30.3. The van der Waals surface area contributed by atoms with Gasteiger partial charge in [-0.2, -0.15) is 0 Å². The smallest absolute Gasteiger partial charge is 0.265 e. The summed E-state index contributed by atoms with van der Waals surface area (Å²) >= 11 is 6.75. The van der Waals surface area contributed by atoms with Crippen LogP contribution < -0.4 is 10.9 Å². The Labute approximate surface area is 212 Å². The molecule has 0 spiro atoms. The maximum absolute atomic E-state index is 13.2. The van der Waals surface area contributed by atoms with Crippen LogP contribution in [0.1, 0.15) is 24.7 Å². The molecule has 4 aromatic rings. The number of sulfone groups is 1. The number of aryl methyl sites for hydroxylation is 1. The van der Waals surface area contributed by atoms with Crippen molar-refractivity contribution >= 4 is 55.1 Å². The van der Waals surface area contributed by atoms with Crippen LogP contribution in [0.15, 0.2) is 63.6 Å². The van der Waals surface area contributed by atoms with Crippen molar-refractivity contribution in [2.45, 2.75) is 30.9 Å². The molecule has 0 bridgehead atoms. The van der Waals surface area contributed by atoms with Crippen molar-refractivity contribution in [1.29, 1.82) is 0 Å². The molecular weight excluding hydrogens is 506 g/mol. The number of benzene rings is 2. The van der Waals surface area contributed by atoms with Crippen molar-refractivity contribution < 1.29 is 13.2 Å². The molecule has 0 unspecified atom stereocenters. The molecule has 0 aliphatic heterocycles. The van der Waals surface area contributed by atoms with Gasteiger partial charge in [-0.1, -0.05) is 30.7 Å². The van der Waals surface area contributed by atoms with Crippen LogP contribution in [0.2, 0.25) is 4.34 Å². The lowest BCUT2D eigenvalue weighted by Crippen LogP contribution is -2.22. The molecule has 0 saturated heterocycles. The molecule has 0 amide bonds. The van der Waals surface area contributed by atoms with E-state index in [0.717, 1.165) is 30.0 Å². The van der Waals surface area contributed by atoms with Crippen LogP contribution in [0.25, 0.3) is 16.6 Å². The average molecular weight is 530 g/mol. The summed E-state index contributed by atoms with van der Waals surface area (Å²) in [5.41, 5.74) is 2.64. The predicted octanol–water partition coefficient (Wildman–Crippen LogP) is 4.82. The molecule has 0 aliphatic rings. The van der Waals surface area contributed by atoms with Crippen molar-refractivity contribution in [3.63, 3.8) is 0 Å². The quantitative estimate of drug-likeness (QED) is 0.334. The van der Waals surface area contributed by atoms with Gasteiger partial charge in [-0.25, -0.2) is 13.4 Å². The van der Waals surface area contributed by atoms with Crippen LogP contribution >= 0.6 is 22.9 Å². The number of nitrogens with one attached hydrogen (secondary N) is 1. The Bertz CT molecular complexity index is 1560. The maximum atomic E-state index is 13.2. The number of hydrogen-bond donors (Lipinski definition) is 1. The largest absolute Gasteiger partial charge is 0.385 e. The summed E-state index contributed by atoms with van der Waals surface area (Å²) in [6.07, 6.45) is 0.961. The number of halogens is 1. The summed E-state index contributed by atoms with van der Waals surface area (Å²) < 4.78 is 26.8. The molecule has 4 rings (SSSR count). The van der Waals surface area contributed by atoms with Crippen molar-refractivity contribution in [3.8, 4) is 5.69 Å². The van der Waals surface area contributed by atoms with Gasteiger partial charge in [-0.15, -0.1) is 11.3 Å². The molecule has 182 valence electrons. The summed E-state index contributed by atoms with van der Waals surface area (Å²) in [6, 6.07) is 15.3. The second-order valence-electron chi connectivity index (χ2n) is 8.16. The molecule has 7 nitrogen and oxygen atoms in total. The van der Waals surface area contributed by atoms with Gasteiger partial charge in [-0.3, -0.25) is 14.2 Å². The minimum absolute atomic E-state index is 0.0317. The third-order valence-corrected chi connectivity index (χ3v) is 8.91. The first-order valence-electron chi connectivity index (χ1n) is 11.0. The third kappa shape index (κ3) is 5.63. The first kappa shape index (κ1) is 25.1. The van der Waals surface area contributed by atoms with Gasteiger partial charge in [0.15, 0.2) is 15.6 Å². The number of rotatable bonds is 9. The Hall–Kier alpha value is -3.01. The minimum Gasteiger partial charge on any atom is -0.385 e. The zero-order valence-electron chi connectivity index (χ0n) is 19.2. The molecule has 0 atom stereocenters. The second-order valence-corrected chi connectivity index (χ2v) is 12.1. The molecule has 0 fully saturated rings. The van der Waals surface area contributed by atoms with Gasteiger partial charge < -0.3 is 5.32 Å². The van der Waals surface area contributed by atoms with Crippen molar-refractivity contribution in [2.24, 2.45) is 0 Å². The molecule has 0 saturated carbocycles. The molecule has 0 aliphatic carbocycles. The molecule has 2 heterocycles. The molecule has 35 heavy (non-hydrogen) atoms. The van der Waals surface area contributed by atoms with Gasteiger partial charge in [0.1, 0.15) is 15.8 Å². The fraction of sp³-hybridized carbons (Fsp3) is 0.240. The first-order chi connectivity index (χ1) is 16.7. The van der Waals surface area contributed by atoms with Crippen LogP contribution in [-0.4, -0.2) is 36.0 Å². The van der Waals surface area contributed by atoms with E-state index in [0.29, 0.717) is 32.3 Å². The average Bonchev–Trinajstić information content (AvgIpc) is 3.25. The van der Waals surface area contributed by atoms with Gasteiger partial charge in [-0.05, 0) is 61.4 Å². The van der Waals surface area contributed by atoms with Gasteiger partial charge in [0.05, 0.1) is 20.9 Å². The molecular formula is C25H24ClN3O4S2. The number of ketones is 1. The second kappa shape index (κ2) is 10.3. The van der Waals surface area contributed by atoms with Crippen molar-refractivity contribution in [1.82, 2.24) is 9.55 Å². The van der Waals surface area contributed by atoms with E-state index < -0.39 is 21.4 Å². The number of thiophene rings is 1. The number of aromatic nitrogens is 2. The molecule has 0 radical (unpaired) electrons. The van der Waals surface area contributed by atoms with E-state index in [1.54, 1.807) is 37.3 Å². The Morgan fingerprint density at radius 2 is 1.86 bits per heavy atom. The van der Waals surface area contributed by atoms with Gasteiger partial charge >= 0.3 is 0 Å². The van der Waals surface area contributed by atoms with Crippen molar-refractivity contribution in [2.75, 3.05) is 17.6 Å². The topological polar surface area (TPSA) is 98.1 Å². The predicted molar refractivity (Wildman–Crippen MR) is 141 cm³/mol.